The average molecular weight is 623 g/mol. The van der Waals surface area contributed by atoms with E-state index in [1.807, 2.05) is 11.9 Å². The molecule has 0 radical (unpaired) electrons. The van der Waals surface area contributed by atoms with Crippen molar-refractivity contribution >= 4 is 34.4 Å². The van der Waals surface area contributed by atoms with Crippen molar-refractivity contribution in [1.82, 2.24) is 19.8 Å². The molecule has 2 aromatic carbocycles. The number of hydrogen-bond donors (Lipinski definition) is 0. The van der Waals surface area contributed by atoms with Gasteiger partial charge in [0.25, 0.3) is 5.91 Å². The summed E-state index contributed by atoms with van der Waals surface area (Å²) in [4.78, 5) is 27.8. The molecule has 12 heteroatoms. The maximum absolute atomic E-state index is 16.0. The number of rotatable bonds is 7. The number of carbonyl (C=O) groups is 1. The van der Waals surface area contributed by atoms with Gasteiger partial charge in [0.05, 0.1) is 24.0 Å². The summed E-state index contributed by atoms with van der Waals surface area (Å²) in [5.41, 5.74) is 2.21. The van der Waals surface area contributed by atoms with Crippen molar-refractivity contribution in [3.63, 3.8) is 0 Å². The molecule has 0 saturated carbocycles. The van der Waals surface area contributed by atoms with Gasteiger partial charge in [0.15, 0.2) is 5.83 Å². The maximum Gasteiger partial charge on any atom is 0.319 e. The molecular weight excluding hydrogens is 589 g/mol. The zero-order chi connectivity index (χ0) is 31.0. The molecule has 0 aliphatic carbocycles. The Labute approximate surface area is 258 Å². The Bertz CT molecular complexity index is 1660. The van der Waals surface area contributed by atoms with E-state index in [1.165, 1.54) is 28.8 Å². The summed E-state index contributed by atoms with van der Waals surface area (Å²) < 4.78 is 50.6. The molecule has 0 spiro atoms. The number of ether oxygens (including phenoxy) is 1. The molecule has 1 amide bonds. The molecule has 1 aromatic heterocycles. The Kier molecular flexibility index (Phi) is 8.69. The molecule has 3 aliphatic rings. The topological polar surface area (TPSA) is 85.6 Å². The van der Waals surface area contributed by atoms with Gasteiger partial charge in [-0.05, 0) is 74.4 Å². The van der Waals surface area contributed by atoms with Crippen LogP contribution in [0, 0.1) is 23.0 Å². The Morgan fingerprint density at radius 1 is 1.14 bits per heavy atom. The maximum atomic E-state index is 16.0. The third-order valence-electron chi connectivity index (χ3n) is 8.74. The highest BCUT2D eigenvalue weighted by Gasteiger charge is 2.34. The first-order chi connectivity index (χ1) is 21.2. The molecule has 2 fully saturated rings. The van der Waals surface area contributed by atoms with E-state index >= 15 is 4.39 Å². The number of piperazine rings is 1. The van der Waals surface area contributed by atoms with E-state index in [2.05, 4.69) is 17.5 Å². The number of likely N-dealkylation sites (N-methyl/N-ethyl adjacent to an activating group) is 1. The standard InChI is InChI=1S/C32H33F3N6O2S/c1-19(33)31(42)41-13-12-40(17-20(41)9-10-36)30-25-15-27(35)24(22-7-8-26(34)29-23(22)6-4-14-44-29)16-28(25)37-32(38-30)43-18-21-5-3-11-39(21)2/h7-8,15-16,20-21H,1,3-6,9,11-14,17-18H2,2H3/t20-,21-/m0/s1. The SMILES string of the molecule is C=C(F)C(=O)N1CCN(c2nc(OC[C@@H]3CCCN3C)nc3cc(-c4ccc(F)c5c4CCCS5)c(F)cc23)C[C@@H]1CC#N. The number of fused-ring (bicyclic) bond motifs is 2. The van der Waals surface area contributed by atoms with Gasteiger partial charge in [0.1, 0.15) is 24.1 Å². The molecule has 4 heterocycles. The van der Waals surface area contributed by atoms with Crippen LogP contribution in [0.4, 0.5) is 19.0 Å². The molecule has 6 rings (SSSR count). The van der Waals surface area contributed by atoms with E-state index < -0.39 is 23.6 Å². The van der Waals surface area contributed by atoms with E-state index in [4.69, 9.17) is 14.7 Å². The summed E-state index contributed by atoms with van der Waals surface area (Å²) in [5, 5.41) is 9.89. The molecule has 8 nitrogen and oxygen atoms in total. The molecular formula is C32H33F3N6O2S. The highest BCUT2D eigenvalue weighted by Crippen LogP contribution is 2.41. The Morgan fingerprint density at radius 2 is 1.98 bits per heavy atom. The van der Waals surface area contributed by atoms with Crippen LogP contribution in [0.3, 0.4) is 0 Å². The number of aromatic nitrogens is 2. The molecule has 3 aromatic rings. The monoisotopic (exact) mass is 622 g/mol. The normalized spacial score (nSPS) is 20.4. The molecule has 2 atom stereocenters. The van der Waals surface area contributed by atoms with Crippen molar-refractivity contribution in [2.24, 2.45) is 0 Å². The van der Waals surface area contributed by atoms with E-state index in [1.54, 1.807) is 12.1 Å². The van der Waals surface area contributed by atoms with E-state index in [-0.39, 0.29) is 43.9 Å². The number of thioether (sulfide) groups is 1. The predicted molar refractivity (Wildman–Crippen MR) is 163 cm³/mol. The van der Waals surface area contributed by atoms with Gasteiger partial charge in [-0.2, -0.15) is 15.2 Å². The van der Waals surface area contributed by atoms with Crippen LogP contribution >= 0.6 is 11.8 Å². The van der Waals surface area contributed by atoms with Crippen LogP contribution < -0.4 is 9.64 Å². The van der Waals surface area contributed by atoms with Gasteiger partial charge < -0.3 is 19.4 Å². The minimum atomic E-state index is -1.09. The third kappa shape index (κ3) is 5.83. The molecule has 44 heavy (non-hydrogen) atoms. The smallest absolute Gasteiger partial charge is 0.319 e. The Balaban J connectivity index is 1.42. The van der Waals surface area contributed by atoms with Gasteiger partial charge in [0, 0.05) is 41.5 Å². The van der Waals surface area contributed by atoms with Gasteiger partial charge in [-0.3, -0.25) is 4.79 Å². The van der Waals surface area contributed by atoms with Crippen molar-refractivity contribution in [3.8, 4) is 23.2 Å². The van der Waals surface area contributed by atoms with Crippen molar-refractivity contribution in [3.05, 3.63) is 53.9 Å². The van der Waals surface area contributed by atoms with Gasteiger partial charge in [0.2, 0.25) is 0 Å². The molecule has 230 valence electrons. The fraction of sp³-hybridized carbons (Fsp3) is 0.438. The largest absolute Gasteiger partial charge is 0.462 e. The second-order valence-electron chi connectivity index (χ2n) is 11.5. The van der Waals surface area contributed by atoms with Crippen LogP contribution in [-0.4, -0.2) is 83.3 Å². The number of hydrogen-bond acceptors (Lipinski definition) is 8. The number of amides is 1. The quantitative estimate of drug-likeness (QED) is 0.320. The zero-order valence-electron chi connectivity index (χ0n) is 24.5. The Hall–Kier alpha value is -3.82. The summed E-state index contributed by atoms with van der Waals surface area (Å²) in [6.07, 6.45) is 3.57. The summed E-state index contributed by atoms with van der Waals surface area (Å²) in [5.74, 6) is -1.51. The van der Waals surface area contributed by atoms with E-state index in [9.17, 15) is 18.8 Å². The van der Waals surface area contributed by atoms with Crippen molar-refractivity contribution in [1.29, 1.82) is 5.26 Å². The molecule has 0 unspecified atom stereocenters. The number of anilines is 1. The lowest BCUT2D eigenvalue weighted by molar-refractivity contribution is -0.131. The fourth-order valence-corrected chi connectivity index (χ4v) is 7.50. The number of carbonyl (C=O) groups excluding carboxylic acids is 1. The van der Waals surface area contributed by atoms with Crippen LogP contribution in [-0.2, 0) is 11.2 Å². The van der Waals surface area contributed by atoms with Crippen molar-refractivity contribution in [2.75, 3.05) is 50.5 Å². The summed E-state index contributed by atoms with van der Waals surface area (Å²) in [6, 6.07) is 7.87. The second-order valence-corrected chi connectivity index (χ2v) is 12.6. The Morgan fingerprint density at radius 3 is 2.73 bits per heavy atom. The minimum absolute atomic E-state index is 0.0257. The highest BCUT2D eigenvalue weighted by atomic mass is 32.2. The summed E-state index contributed by atoms with van der Waals surface area (Å²) >= 11 is 1.45. The van der Waals surface area contributed by atoms with Gasteiger partial charge in [-0.25, -0.2) is 13.2 Å². The van der Waals surface area contributed by atoms with E-state index in [0.717, 1.165) is 37.1 Å². The zero-order valence-corrected chi connectivity index (χ0v) is 25.3. The first kappa shape index (κ1) is 30.2. The average Bonchev–Trinajstić information content (AvgIpc) is 3.44. The summed E-state index contributed by atoms with van der Waals surface area (Å²) in [6.45, 7) is 5.07. The number of nitrogens with zero attached hydrogens (tertiary/aromatic N) is 6. The van der Waals surface area contributed by atoms with Crippen LogP contribution in [0.15, 0.2) is 41.6 Å². The molecule has 0 N–H and O–H groups in total. The predicted octanol–water partition coefficient (Wildman–Crippen LogP) is 5.50. The lowest BCUT2D eigenvalue weighted by Crippen LogP contribution is -2.55. The van der Waals surface area contributed by atoms with Crippen LogP contribution in [0.25, 0.3) is 22.0 Å². The van der Waals surface area contributed by atoms with Crippen LogP contribution in [0.1, 0.15) is 31.2 Å². The number of benzene rings is 2. The van der Waals surface area contributed by atoms with E-state index in [0.29, 0.717) is 45.8 Å². The molecule has 0 bridgehead atoms. The van der Waals surface area contributed by atoms with Gasteiger partial charge in [-0.1, -0.05) is 12.6 Å². The number of nitriles is 1. The van der Waals surface area contributed by atoms with Crippen molar-refractivity contribution in [2.45, 2.75) is 49.1 Å². The minimum Gasteiger partial charge on any atom is -0.462 e. The van der Waals surface area contributed by atoms with Gasteiger partial charge >= 0.3 is 6.01 Å². The lowest BCUT2D eigenvalue weighted by atomic mass is 9.95. The first-order valence-corrected chi connectivity index (χ1v) is 15.8. The number of likely N-dealkylation sites (tertiary alicyclic amines) is 1. The van der Waals surface area contributed by atoms with Crippen LogP contribution in [0.2, 0.25) is 0 Å². The lowest BCUT2D eigenvalue weighted by Gasteiger charge is -2.41. The summed E-state index contributed by atoms with van der Waals surface area (Å²) in [7, 11) is 2.05. The highest BCUT2D eigenvalue weighted by molar-refractivity contribution is 7.99. The fourth-order valence-electron chi connectivity index (χ4n) is 6.41. The molecule has 3 aliphatic heterocycles. The van der Waals surface area contributed by atoms with Crippen LogP contribution in [0.5, 0.6) is 6.01 Å². The number of halogens is 3. The van der Waals surface area contributed by atoms with Crippen molar-refractivity contribution < 1.29 is 22.7 Å². The van der Waals surface area contributed by atoms with Gasteiger partial charge in [-0.15, -0.1) is 11.8 Å². The first-order valence-electron chi connectivity index (χ1n) is 14.8. The molecule has 2 saturated heterocycles. The second kappa shape index (κ2) is 12.7. The third-order valence-corrected chi connectivity index (χ3v) is 9.97.